The van der Waals surface area contributed by atoms with Gasteiger partial charge >= 0.3 is 5.97 Å². The van der Waals surface area contributed by atoms with Gasteiger partial charge in [0.2, 0.25) is 0 Å². The van der Waals surface area contributed by atoms with Crippen LogP contribution in [0.15, 0.2) is 36.4 Å². The summed E-state index contributed by atoms with van der Waals surface area (Å²) in [5.41, 5.74) is 0.996. The van der Waals surface area contributed by atoms with Gasteiger partial charge in [0.05, 0.1) is 7.11 Å². The number of ether oxygens (including phenoxy) is 1. The summed E-state index contributed by atoms with van der Waals surface area (Å²) < 4.78 is 5.44. The Labute approximate surface area is 131 Å². The fourth-order valence-electron chi connectivity index (χ4n) is 2.66. The average molecular weight is 301 g/mol. The first-order valence-corrected chi connectivity index (χ1v) is 7.53. The van der Waals surface area contributed by atoms with E-state index < -0.39 is 12.0 Å². The normalized spacial score (nSPS) is 12.5. The summed E-state index contributed by atoms with van der Waals surface area (Å²) in [6, 6.07) is 11.4. The van der Waals surface area contributed by atoms with E-state index in [0.29, 0.717) is 18.9 Å². The first kappa shape index (κ1) is 16.3. The minimum Gasteiger partial charge on any atom is -0.496 e. The number of nitrogens with one attached hydrogen (secondary N) is 1. The highest BCUT2D eigenvalue weighted by atomic mass is 16.5. The highest BCUT2D eigenvalue weighted by Crippen LogP contribution is 2.28. The lowest BCUT2D eigenvalue weighted by Gasteiger charge is -2.18. The van der Waals surface area contributed by atoms with Crippen molar-refractivity contribution in [2.45, 2.75) is 32.9 Å². The summed E-state index contributed by atoms with van der Waals surface area (Å²) in [7, 11) is 1.64. The Bertz CT molecular complexity index is 652. The van der Waals surface area contributed by atoms with E-state index in [1.165, 1.54) is 0 Å². The molecule has 4 heteroatoms. The van der Waals surface area contributed by atoms with Crippen LogP contribution < -0.4 is 10.1 Å². The number of carboxylic acid groups (broad SMARTS) is 1. The highest BCUT2D eigenvalue weighted by Gasteiger charge is 2.19. The second-order valence-electron chi connectivity index (χ2n) is 5.87. The Hall–Kier alpha value is -2.07. The van der Waals surface area contributed by atoms with Crippen LogP contribution in [0.2, 0.25) is 0 Å². The number of benzene rings is 2. The zero-order valence-corrected chi connectivity index (χ0v) is 13.3. The summed E-state index contributed by atoms with van der Waals surface area (Å²) >= 11 is 0. The van der Waals surface area contributed by atoms with Crippen LogP contribution >= 0.6 is 0 Å². The SMILES string of the molecule is COc1ccc2ccccc2c1CNC(CC(C)C)C(=O)O. The number of hydrogen-bond acceptors (Lipinski definition) is 3. The molecule has 1 atom stereocenters. The monoisotopic (exact) mass is 301 g/mol. The lowest BCUT2D eigenvalue weighted by Crippen LogP contribution is -2.37. The number of rotatable bonds is 7. The van der Waals surface area contributed by atoms with Crippen molar-refractivity contribution in [3.05, 3.63) is 42.0 Å². The number of carbonyl (C=O) groups is 1. The lowest BCUT2D eigenvalue weighted by molar-refractivity contribution is -0.140. The van der Waals surface area contributed by atoms with Crippen LogP contribution in [0.5, 0.6) is 5.75 Å². The molecule has 0 amide bonds. The predicted octanol–water partition coefficient (Wildman–Crippen LogP) is 3.44. The zero-order chi connectivity index (χ0) is 16.1. The molecule has 2 rings (SSSR count). The largest absolute Gasteiger partial charge is 0.496 e. The van der Waals surface area contributed by atoms with Gasteiger partial charge in [-0.25, -0.2) is 0 Å². The molecule has 2 N–H and O–H groups in total. The van der Waals surface area contributed by atoms with Crippen LogP contribution in [0.4, 0.5) is 0 Å². The molecule has 0 radical (unpaired) electrons. The van der Waals surface area contributed by atoms with Crippen molar-refractivity contribution in [1.29, 1.82) is 0 Å². The van der Waals surface area contributed by atoms with Gasteiger partial charge in [-0.15, -0.1) is 0 Å². The predicted molar refractivity (Wildman–Crippen MR) is 88.2 cm³/mol. The molecule has 0 saturated carbocycles. The Morgan fingerprint density at radius 2 is 1.95 bits per heavy atom. The van der Waals surface area contributed by atoms with Crippen LogP contribution in [-0.2, 0) is 11.3 Å². The van der Waals surface area contributed by atoms with Crippen molar-refractivity contribution in [3.63, 3.8) is 0 Å². The Morgan fingerprint density at radius 3 is 2.59 bits per heavy atom. The third kappa shape index (κ3) is 3.77. The molecule has 4 nitrogen and oxygen atoms in total. The molecule has 0 aromatic heterocycles. The molecule has 0 heterocycles. The molecule has 0 aliphatic rings. The molecule has 0 saturated heterocycles. The number of aliphatic carboxylic acids is 1. The molecule has 2 aromatic carbocycles. The van der Waals surface area contributed by atoms with Crippen LogP contribution in [0, 0.1) is 5.92 Å². The van der Waals surface area contributed by atoms with Crippen molar-refractivity contribution in [3.8, 4) is 5.75 Å². The van der Waals surface area contributed by atoms with Crippen molar-refractivity contribution in [2.24, 2.45) is 5.92 Å². The molecule has 1 unspecified atom stereocenters. The summed E-state index contributed by atoms with van der Waals surface area (Å²) in [5.74, 6) is 0.288. The highest BCUT2D eigenvalue weighted by molar-refractivity contribution is 5.87. The van der Waals surface area contributed by atoms with Gasteiger partial charge in [-0.05, 0) is 29.2 Å². The molecule has 22 heavy (non-hydrogen) atoms. The van der Waals surface area contributed by atoms with Gasteiger partial charge in [-0.1, -0.05) is 44.2 Å². The van der Waals surface area contributed by atoms with Crippen molar-refractivity contribution >= 4 is 16.7 Å². The van der Waals surface area contributed by atoms with Crippen molar-refractivity contribution in [1.82, 2.24) is 5.32 Å². The molecule has 0 aliphatic heterocycles. The number of methoxy groups -OCH3 is 1. The molecule has 0 fully saturated rings. The summed E-state index contributed by atoms with van der Waals surface area (Å²) in [4.78, 5) is 11.4. The van der Waals surface area contributed by atoms with Crippen LogP contribution in [0.1, 0.15) is 25.8 Å². The minimum absolute atomic E-state index is 0.322. The maximum absolute atomic E-state index is 11.4. The topological polar surface area (TPSA) is 58.6 Å². The fourth-order valence-corrected chi connectivity index (χ4v) is 2.66. The smallest absolute Gasteiger partial charge is 0.320 e. The van der Waals surface area contributed by atoms with E-state index in [0.717, 1.165) is 22.1 Å². The molecule has 118 valence electrons. The van der Waals surface area contributed by atoms with Gasteiger partial charge in [0, 0.05) is 12.1 Å². The number of hydrogen-bond donors (Lipinski definition) is 2. The Balaban J connectivity index is 2.27. The Morgan fingerprint density at radius 1 is 1.23 bits per heavy atom. The van der Waals surface area contributed by atoms with Gasteiger partial charge in [0.15, 0.2) is 0 Å². The molecular weight excluding hydrogens is 278 g/mol. The lowest BCUT2D eigenvalue weighted by atomic mass is 10.0. The second-order valence-corrected chi connectivity index (χ2v) is 5.87. The molecule has 0 bridgehead atoms. The molecule has 2 aromatic rings. The van der Waals surface area contributed by atoms with E-state index in [-0.39, 0.29) is 0 Å². The van der Waals surface area contributed by atoms with E-state index in [4.69, 9.17) is 4.74 Å². The number of fused-ring (bicyclic) bond motifs is 1. The fraction of sp³-hybridized carbons (Fsp3) is 0.389. The van der Waals surface area contributed by atoms with E-state index in [9.17, 15) is 9.90 Å². The molecular formula is C18H23NO3. The van der Waals surface area contributed by atoms with E-state index in [1.54, 1.807) is 7.11 Å². The third-order valence-electron chi connectivity index (χ3n) is 3.75. The van der Waals surface area contributed by atoms with Crippen molar-refractivity contribution in [2.75, 3.05) is 7.11 Å². The summed E-state index contributed by atoms with van der Waals surface area (Å²) in [5, 5.41) is 14.7. The summed E-state index contributed by atoms with van der Waals surface area (Å²) in [6.45, 7) is 4.51. The quantitative estimate of drug-likeness (QED) is 0.822. The second kappa shape index (κ2) is 7.27. The van der Waals surface area contributed by atoms with Gasteiger partial charge in [0.1, 0.15) is 11.8 Å². The van der Waals surface area contributed by atoms with Crippen LogP contribution in [0.3, 0.4) is 0 Å². The molecule has 0 spiro atoms. The van der Waals surface area contributed by atoms with E-state index in [2.05, 4.69) is 5.32 Å². The van der Waals surface area contributed by atoms with Gasteiger partial charge in [0.25, 0.3) is 0 Å². The number of carboxylic acids is 1. The maximum Gasteiger partial charge on any atom is 0.320 e. The third-order valence-corrected chi connectivity index (χ3v) is 3.75. The zero-order valence-electron chi connectivity index (χ0n) is 13.3. The van der Waals surface area contributed by atoms with Gasteiger partial charge in [-0.2, -0.15) is 0 Å². The van der Waals surface area contributed by atoms with Gasteiger partial charge in [-0.3, -0.25) is 4.79 Å². The minimum atomic E-state index is -0.812. The average Bonchev–Trinajstić information content (AvgIpc) is 2.50. The Kier molecular flexibility index (Phi) is 5.39. The first-order chi connectivity index (χ1) is 10.5. The van der Waals surface area contributed by atoms with Gasteiger partial charge < -0.3 is 15.2 Å². The van der Waals surface area contributed by atoms with Crippen molar-refractivity contribution < 1.29 is 14.6 Å². The van der Waals surface area contributed by atoms with E-state index in [1.807, 2.05) is 50.2 Å². The first-order valence-electron chi connectivity index (χ1n) is 7.53. The maximum atomic E-state index is 11.4. The standard InChI is InChI=1S/C18H23NO3/c1-12(2)10-16(18(20)21)19-11-15-14-7-5-4-6-13(14)8-9-17(15)22-3/h4-9,12,16,19H,10-11H2,1-3H3,(H,20,21). The molecule has 0 aliphatic carbocycles. The van der Waals surface area contributed by atoms with Crippen LogP contribution in [0.25, 0.3) is 10.8 Å². The van der Waals surface area contributed by atoms with E-state index >= 15 is 0 Å². The summed E-state index contributed by atoms with van der Waals surface area (Å²) in [6.07, 6.45) is 0.600. The van der Waals surface area contributed by atoms with Crippen LogP contribution in [-0.4, -0.2) is 24.2 Å².